The maximum absolute atomic E-state index is 13.7. The number of carbonyl (C=O) groups excluding carboxylic acids is 1. The standard InChI is InChI=1S/C27H27NO6/c1-18(20-6-4-3-5-7-20)28(13-12-19-8-10-22-24(14-19)33-16-31-22)25(29)15-21-9-11-23-27(26(21)30-2)34-17-32-23/h3-11,14,18H,12-13,15-17H2,1-2H3/t18-/m1/s1. The quantitative estimate of drug-likeness (QED) is 0.491. The van der Waals surface area contributed by atoms with E-state index in [0.29, 0.717) is 30.2 Å². The highest BCUT2D eigenvalue weighted by Crippen LogP contribution is 2.43. The molecule has 5 rings (SSSR count). The van der Waals surface area contributed by atoms with Gasteiger partial charge in [0.1, 0.15) is 0 Å². The number of methoxy groups -OCH3 is 1. The number of amides is 1. The SMILES string of the molecule is COc1c(CC(=O)N(CCc2ccc3c(c2)OCO3)[C@H](C)c2ccccc2)ccc2c1OCO2. The highest BCUT2D eigenvalue weighted by molar-refractivity contribution is 5.81. The van der Waals surface area contributed by atoms with Crippen molar-refractivity contribution in [1.29, 1.82) is 0 Å². The molecule has 1 atom stereocenters. The monoisotopic (exact) mass is 461 g/mol. The Kier molecular flexibility index (Phi) is 6.16. The number of ether oxygens (including phenoxy) is 5. The summed E-state index contributed by atoms with van der Waals surface area (Å²) in [5.41, 5.74) is 2.94. The van der Waals surface area contributed by atoms with Gasteiger partial charge in [-0.2, -0.15) is 0 Å². The lowest BCUT2D eigenvalue weighted by Gasteiger charge is -2.30. The minimum Gasteiger partial charge on any atom is -0.492 e. The Hall–Kier alpha value is -3.87. The normalized spacial score (nSPS) is 14.1. The van der Waals surface area contributed by atoms with Gasteiger partial charge in [-0.05, 0) is 42.7 Å². The van der Waals surface area contributed by atoms with Crippen LogP contribution >= 0.6 is 0 Å². The van der Waals surface area contributed by atoms with Crippen molar-refractivity contribution in [2.24, 2.45) is 0 Å². The third kappa shape index (κ3) is 4.33. The maximum atomic E-state index is 13.7. The highest BCUT2D eigenvalue weighted by Gasteiger charge is 2.26. The fourth-order valence-electron chi connectivity index (χ4n) is 4.41. The van der Waals surface area contributed by atoms with Gasteiger partial charge in [-0.1, -0.05) is 42.5 Å². The van der Waals surface area contributed by atoms with Gasteiger partial charge in [0, 0.05) is 12.1 Å². The average molecular weight is 462 g/mol. The first-order chi connectivity index (χ1) is 16.6. The number of carbonyl (C=O) groups is 1. The summed E-state index contributed by atoms with van der Waals surface area (Å²) >= 11 is 0. The van der Waals surface area contributed by atoms with E-state index >= 15 is 0 Å². The topological polar surface area (TPSA) is 66.5 Å². The van der Waals surface area contributed by atoms with Crippen molar-refractivity contribution in [3.63, 3.8) is 0 Å². The first-order valence-electron chi connectivity index (χ1n) is 11.3. The number of hydrogen-bond donors (Lipinski definition) is 0. The molecule has 0 fully saturated rings. The smallest absolute Gasteiger partial charge is 0.231 e. The predicted octanol–water partition coefficient (Wildman–Crippen LogP) is 4.53. The minimum absolute atomic E-state index is 0.00858. The summed E-state index contributed by atoms with van der Waals surface area (Å²) in [5, 5.41) is 0. The zero-order valence-electron chi connectivity index (χ0n) is 19.3. The number of benzene rings is 3. The highest BCUT2D eigenvalue weighted by atomic mass is 16.7. The summed E-state index contributed by atoms with van der Waals surface area (Å²) in [6.07, 6.45) is 0.885. The number of nitrogens with zero attached hydrogens (tertiary/aromatic N) is 1. The summed E-state index contributed by atoms with van der Waals surface area (Å²) in [4.78, 5) is 15.6. The molecular formula is C27H27NO6. The summed E-state index contributed by atoms with van der Waals surface area (Å²) in [6, 6.07) is 19.6. The Morgan fingerprint density at radius 1 is 0.941 bits per heavy atom. The summed E-state index contributed by atoms with van der Waals surface area (Å²) < 4.78 is 27.5. The molecule has 0 spiro atoms. The molecule has 2 aliphatic heterocycles. The molecule has 0 aromatic heterocycles. The van der Waals surface area contributed by atoms with Gasteiger partial charge in [0.2, 0.25) is 25.2 Å². The zero-order valence-corrected chi connectivity index (χ0v) is 19.3. The fraction of sp³-hybridized carbons (Fsp3) is 0.296. The Balaban J connectivity index is 1.38. The molecule has 3 aromatic carbocycles. The van der Waals surface area contributed by atoms with Crippen LogP contribution in [0.1, 0.15) is 29.7 Å². The minimum atomic E-state index is -0.0947. The molecule has 7 heteroatoms. The molecule has 0 unspecified atom stereocenters. The number of hydrogen-bond acceptors (Lipinski definition) is 6. The molecule has 3 aromatic rings. The number of rotatable bonds is 8. The van der Waals surface area contributed by atoms with Crippen molar-refractivity contribution in [2.45, 2.75) is 25.8 Å². The van der Waals surface area contributed by atoms with Crippen LogP contribution in [0.4, 0.5) is 0 Å². The molecule has 7 nitrogen and oxygen atoms in total. The zero-order chi connectivity index (χ0) is 23.5. The lowest BCUT2D eigenvalue weighted by molar-refractivity contribution is -0.132. The maximum Gasteiger partial charge on any atom is 0.231 e. The Labute approximate surface area is 198 Å². The first-order valence-corrected chi connectivity index (χ1v) is 11.3. The van der Waals surface area contributed by atoms with Crippen LogP contribution in [0.2, 0.25) is 0 Å². The molecule has 176 valence electrons. The van der Waals surface area contributed by atoms with Gasteiger partial charge in [0.25, 0.3) is 0 Å². The van der Waals surface area contributed by atoms with Gasteiger partial charge < -0.3 is 28.6 Å². The molecule has 0 aliphatic carbocycles. The van der Waals surface area contributed by atoms with Gasteiger partial charge in [0.15, 0.2) is 23.0 Å². The van der Waals surface area contributed by atoms with Crippen LogP contribution in [-0.4, -0.2) is 38.0 Å². The van der Waals surface area contributed by atoms with E-state index in [-0.39, 0.29) is 32.0 Å². The van der Waals surface area contributed by atoms with Gasteiger partial charge in [-0.3, -0.25) is 4.79 Å². The molecule has 0 saturated heterocycles. The molecule has 0 radical (unpaired) electrons. The second-order valence-corrected chi connectivity index (χ2v) is 8.28. The van der Waals surface area contributed by atoms with Crippen molar-refractivity contribution in [2.75, 3.05) is 27.2 Å². The van der Waals surface area contributed by atoms with E-state index in [2.05, 4.69) is 6.92 Å². The summed E-state index contributed by atoms with van der Waals surface area (Å²) in [6.45, 7) is 3.01. The van der Waals surface area contributed by atoms with Crippen molar-refractivity contribution >= 4 is 5.91 Å². The number of fused-ring (bicyclic) bond motifs is 2. The molecule has 34 heavy (non-hydrogen) atoms. The third-order valence-electron chi connectivity index (χ3n) is 6.27. The lowest BCUT2D eigenvalue weighted by Crippen LogP contribution is -2.36. The van der Waals surface area contributed by atoms with Crippen LogP contribution < -0.4 is 23.7 Å². The Morgan fingerprint density at radius 3 is 2.50 bits per heavy atom. The molecule has 2 heterocycles. The molecule has 0 saturated carbocycles. The van der Waals surface area contributed by atoms with Gasteiger partial charge in [-0.25, -0.2) is 0 Å². The summed E-state index contributed by atoms with van der Waals surface area (Å²) in [7, 11) is 1.58. The fourth-order valence-corrected chi connectivity index (χ4v) is 4.41. The van der Waals surface area contributed by atoms with Gasteiger partial charge in [0.05, 0.1) is 19.6 Å². The predicted molar refractivity (Wildman–Crippen MR) is 126 cm³/mol. The van der Waals surface area contributed by atoms with E-state index in [9.17, 15) is 4.79 Å². The van der Waals surface area contributed by atoms with Crippen LogP contribution in [0.3, 0.4) is 0 Å². The van der Waals surface area contributed by atoms with E-state index in [1.807, 2.05) is 65.6 Å². The van der Waals surface area contributed by atoms with Crippen LogP contribution in [0, 0.1) is 0 Å². The van der Waals surface area contributed by atoms with E-state index in [1.165, 1.54) is 0 Å². The van der Waals surface area contributed by atoms with E-state index in [4.69, 9.17) is 23.7 Å². The second kappa shape index (κ2) is 9.55. The van der Waals surface area contributed by atoms with Crippen LogP contribution in [0.25, 0.3) is 0 Å². The van der Waals surface area contributed by atoms with Crippen molar-refractivity contribution in [3.8, 4) is 28.7 Å². The van der Waals surface area contributed by atoms with Crippen LogP contribution in [0.15, 0.2) is 60.7 Å². The first kappa shape index (κ1) is 21.9. The lowest BCUT2D eigenvalue weighted by atomic mass is 10.0. The second-order valence-electron chi connectivity index (χ2n) is 8.28. The van der Waals surface area contributed by atoms with Crippen LogP contribution in [0.5, 0.6) is 28.7 Å². The Morgan fingerprint density at radius 2 is 1.68 bits per heavy atom. The summed E-state index contributed by atoms with van der Waals surface area (Å²) in [5.74, 6) is 3.24. The Bertz CT molecular complexity index is 1180. The van der Waals surface area contributed by atoms with Crippen molar-refractivity contribution < 1.29 is 28.5 Å². The van der Waals surface area contributed by atoms with E-state index < -0.39 is 0 Å². The molecule has 2 aliphatic rings. The van der Waals surface area contributed by atoms with Gasteiger partial charge >= 0.3 is 0 Å². The molecular weight excluding hydrogens is 434 g/mol. The van der Waals surface area contributed by atoms with Crippen molar-refractivity contribution in [1.82, 2.24) is 4.90 Å². The van der Waals surface area contributed by atoms with Gasteiger partial charge in [-0.15, -0.1) is 0 Å². The van der Waals surface area contributed by atoms with E-state index in [0.717, 1.165) is 28.2 Å². The largest absolute Gasteiger partial charge is 0.492 e. The molecule has 1 amide bonds. The molecule has 0 N–H and O–H groups in total. The third-order valence-corrected chi connectivity index (χ3v) is 6.27. The van der Waals surface area contributed by atoms with E-state index in [1.54, 1.807) is 7.11 Å². The van der Waals surface area contributed by atoms with Crippen LogP contribution in [-0.2, 0) is 17.6 Å². The molecule has 0 bridgehead atoms. The van der Waals surface area contributed by atoms with Crippen molar-refractivity contribution in [3.05, 3.63) is 77.4 Å². The average Bonchev–Trinajstić information content (AvgIpc) is 3.53.